The molecule has 3 aromatic rings. The zero-order chi connectivity index (χ0) is 19.5. The number of pyridine rings is 1. The third-order valence-electron chi connectivity index (χ3n) is 5.16. The molecule has 146 valence electrons. The first-order chi connectivity index (χ1) is 13.6. The van der Waals surface area contributed by atoms with E-state index in [1.54, 1.807) is 23.6 Å². The summed E-state index contributed by atoms with van der Waals surface area (Å²) in [6.07, 6.45) is 3.53. The zero-order valence-electron chi connectivity index (χ0n) is 16.1. The molecule has 1 amide bonds. The Bertz CT molecular complexity index is 943. The van der Waals surface area contributed by atoms with Crippen molar-refractivity contribution in [2.24, 2.45) is 7.05 Å². The van der Waals surface area contributed by atoms with Crippen LogP contribution in [0.25, 0.3) is 10.6 Å². The first-order valence-corrected chi connectivity index (χ1v) is 10.4. The minimum Gasteiger partial charge on any atom is -0.348 e. The van der Waals surface area contributed by atoms with Crippen molar-refractivity contribution in [2.45, 2.75) is 32.4 Å². The van der Waals surface area contributed by atoms with Gasteiger partial charge in [0.05, 0.1) is 21.8 Å². The number of rotatable bonds is 5. The smallest absolute Gasteiger partial charge is 0.270 e. The van der Waals surface area contributed by atoms with Gasteiger partial charge in [-0.25, -0.2) is 4.98 Å². The van der Waals surface area contributed by atoms with E-state index in [1.807, 2.05) is 36.3 Å². The molecule has 1 saturated heterocycles. The standard InChI is InChI=1S/C20H24N6OS/c1-14-19(28-13-22-14)18-11-16(25(2)24-18)12-26-9-6-15(7-10-26)23-20(27)17-5-3-4-8-21-17/h3-5,8,11,13,15H,6-7,9-10,12H2,1-2H3,(H,23,27). The van der Waals surface area contributed by atoms with Crippen molar-refractivity contribution < 1.29 is 4.79 Å². The molecular weight excluding hydrogens is 372 g/mol. The van der Waals surface area contributed by atoms with Crippen molar-refractivity contribution in [2.75, 3.05) is 13.1 Å². The van der Waals surface area contributed by atoms with E-state index in [9.17, 15) is 4.79 Å². The fraction of sp³-hybridized carbons (Fsp3) is 0.400. The SMILES string of the molecule is Cc1ncsc1-c1cc(CN2CCC(NC(=O)c3ccccn3)CC2)n(C)n1. The lowest BCUT2D eigenvalue weighted by molar-refractivity contribution is 0.0903. The lowest BCUT2D eigenvalue weighted by Gasteiger charge is -2.32. The van der Waals surface area contributed by atoms with Crippen molar-refractivity contribution in [1.29, 1.82) is 0 Å². The molecule has 7 nitrogen and oxygen atoms in total. The van der Waals surface area contributed by atoms with E-state index in [2.05, 4.69) is 31.3 Å². The van der Waals surface area contributed by atoms with E-state index >= 15 is 0 Å². The van der Waals surface area contributed by atoms with E-state index < -0.39 is 0 Å². The molecule has 0 bridgehead atoms. The first kappa shape index (κ1) is 18.8. The van der Waals surface area contributed by atoms with Gasteiger partial charge in [-0.15, -0.1) is 11.3 Å². The maximum absolute atomic E-state index is 12.3. The number of thiazole rings is 1. The number of carbonyl (C=O) groups is 1. The minimum absolute atomic E-state index is 0.0877. The van der Waals surface area contributed by atoms with Crippen molar-refractivity contribution in [3.63, 3.8) is 0 Å². The molecule has 0 unspecified atom stereocenters. The second-order valence-corrected chi connectivity index (χ2v) is 8.01. The normalized spacial score (nSPS) is 15.6. The van der Waals surface area contributed by atoms with Gasteiger partial charge in [-0.2, -0.15) is 5.10 Å². The Labute approximate surface area is 168 Å². The van der Waals surface area contributed by atoms with Gasteiger partial charge in [0, 0.05) is 38.9 Å². The summed E-state index contributed by atoms with van der Waals surface area (Å²) in [5, 5.41) is 7.77. The number of hydrogen-bond acceptors (Lipinski definition) is 6. The second kappa shape index (κ2) is 8.20. The van der Waals surface area contributed by atoms with Crippen LogP contribution in [0.15, 0.2) is 36.0 Å². The third-order valence-corrected chi connectivity index (χ3v) is 6.11. The van der Waals surface area contributed by atoms with Crippen LogP contribution in [0.1, 0.15) is 34.7 Å². The Hall–Kier alpha value is -2.58. The maximum atomic E-state index is 12.3. The predicted octanol–water partition coefficient (Wildman–Crippen LogP) is 2.64. The van der Waals surface area contributed by atoms with Crippen molar-refractivity contribution >= 4 is 17.2 Å². The van der Waals surface area contributed by atoms with Gasteiger partial charge in [0.1, 0.15) is 11.4 Å². The molecular formula is C20H24N6OS. The molecule has 0 spiro atoms. The molecule has 3 aromatic heterocycles. The fourth-order valence-corrected chi connectivity index (χ4v) is 4.29. The molecule has 4 rings (SSSR count). The Kier molecular flexibility index (Phi) is 5.50. The Morgan fingerprint density at radius 2 is 2.11 bits per heavy atom. The Morgan fingerprint density at radius 3 is 2.79 bits per heavy atom. The van der Waals surface area contributed by atoms with Crippen LogP contribution >= 0.6 is 11.3 Å². The number of nitrogens with one attached hydrogen (secondary N) is 1. The number of aryl methyl sites for hydroxylation is 2. The number of nitrogens with zero attached hydrogens (tertiary/aromatic N) is 5. The molecule has 0 aromatic carbocycles. The highest BCUT2D eigenvalue weighted by Crippen LogP contribution is 2.27. The zero-order valence-corrected chi connectivity index (χ0v) is 16.9. The Balaban J connectivity index is 1.32. The first-order valence-electron chi connectivity index (χ1n) is 9.48. The number of piperidine rings is 1. The number of aromatic nitrogens is 4. The van der Waals surface area contributed by atoms with E-state index in [0.29, 0.717) is 5.69 Å². The number of likely N-dealkylation sites (tertiary alicyclic amines) is 1. The molecule has 0 atom stereocenters. The molecule has 1 aliphatic heterocycles. The largest absolute Gasteiger partial charge is 0.348 e. The summed E-state index contributed by atoms with van der Waals surface area (Å²) in [5.74, 6) is -0.0877. The van der Waals surface area contributed by atoms with Crippen LogP contribution in [0.2, 0.25) is 0 Å². The number of carbonyl (C=O) groups excluding carboxylic acids is 1. The predicted molar refractivity (Wildman–Crippen MR) is 109 cm³/mol. The highest BCUT2D eigenvalue weighted by atomic mass is 32.1. The average Bonchev–Trinajstić information content (AvgIpc) is 3.29. The van der Waals surface area contributed by atoms with Crippen LogP contribution in [-0.2, 0) is 13.6 Å². The molecule has 1 aliphatic rings. The van der Waals surface area contributed by atoms with Gasteiger partial charge in [0.2, 0.25) is 0 Å². The van der Waals surface area contributed by atoms with Gasteiger partial charge in [-0.1, -0.05) is 6.07 Å². The highest BCUT2D eigenvalue weighted by Gasteiger charge is 2.22. The van der Waals surface area contributed by atoms with Gasteiger partial charge in [-0.05, 0) is 38.0 Å². The minimum atomic E-state index is -0.0877. The summed E-state index contributed by atoms with van der Waals surface area (Å²) in [7, 11) is 2.00. The van der Waals surface area contributed by atoms with Gasteiger partial charge in [-0.3, -0.25) is 19.4 Å². The van der Waals surface area contributed by atoms with Crippen LogP contribution in [0.5, 0.6) is 0 Å². The summed E-state index contributed by atoms with van der Waals surface area (Å²) >= 11 is 1.63. The summed E-state index contributed by atoms with van der Waals surface area (Å²) in [6, 6.07) is 7.76. The van der Waals surface area contributed by atoms with E-state index in [1.165, 1.54) is 5.69 Å². The second-order valence-electron chi connectivity index (χ2n) is 7.15. The van der Waals surface area contributed by atoms with Crippen LogP contribution in [0, 0.1) is 6.92 Å². The molecule has 28 heavy (non-hydrogen) atoms. The molecule has 8 heteroatoms. The fourth-order valence-electron chi connectivity index (χ4n) is 3.53. The lowest BCUT2D eigenvalue weighted by atomic mass is 10.0. The molecule has 1 N–H and O–H groups in total. The lowest BCUT2D eigenvalue weighted by Crippen LogP contribution is -2.44. The summed E-state index contributed by atoms with van der Waals surface area (Å²) in [6.45, 7) is 4.78. The molecule has 0 radical (unpaired) electrons. The van der Waals surface area contributed by atoms with E-state index in [4.69, 9.17) is 0 Å². The van der Waals surface area contributed by atoms with Gasteiger partial charge in [0.25, 0.3) is 5.91 Å². The number of amides is 1. The van der Waals surface area contributed by atoms with Crippen LogP contribution in [0.4, 0.5) is 0 Å². The van der Waals surface area contributed by atoms with Crippen LogP contribution in [0.3, 0.4) is 0 Å². The van der Waals surface area contributed by atoms with Gasteiger partial charge < -0.3 is 5.32 Å². The van der Waals surface area contributed by atoms with Crippen LogP contribution < -0.4 is 5.32 Å². The quantitative estimate of drug-likeness (QED) is 0.718. The van der Waals surface area contributed by atoms with Gasteiger partial charge >= 0.3 is 0 Å². The summed E-state index contributed by atoms with van der Waals surface area (Å²) in [4.78, 5) is 24.3. The van der Waals surface area contributed by atoms with Crippen molar-refractivity contribution in [1.82, 2.24) is 30.0 Å². The van der Waals surface area contributed by atoms with Crippen molar-refractivity contribution in [3.8, 4) is 10.6 Å². The molecule has 1 fully saturated rings. The topological polar surface area (TPSA) is 75.9 Å². The van der Waals surface area contributed by atoms with Crippen LogP contribution in [-0.4, -0.2) is 49.7 Å². The molecule has 0 saturated carbocycles. The maximum Gasteiger partial charge on any atom is 0.270 e. The van der Waals surface area contributed by atoms with E-state index in [-0.39, 0.29) is 11.9 Å². The molecule has 4 heterocycles. The highest BCUT2D eigenvalue weighted by molar-refractivity contribution is 7.13. The average molecular weight is 397 g/mol. The van der Waals surface area contributed by atoms with Gasteiger partial charge in [0.15, 0.2) is 0 Å². The third kappa shape index (κ3) is 4.13. The summed E-state index contributed by atoms with van der Waals surface area (Å²) in [5.41, 5.74) is 5.56. The Morgan fingerprint density at radius 1 is 1.29 bits per heavy atom. The van der Waals surface area contributed by atoms with E-state index in [0.717, 1.165) is 48.7 Å². The molecule has 0 aliphatic carbocycles. The number of hydrogen-bond donors (Lipinski definition) is 1. The summed E-state index contributed by atoms with van der Waals surface area (Å²) < 4.78 is 1.96. The van der Waals surface area contributed by atoms with Crippen molar-refractivity contribution in [3.05, 3.63) is 53.1 Å². The monoisotopic (exact) mass is 396 g/mol.